The van der Waals surface area contributed by atoms with Crippen LogP contribution in [-0.4, -0.2) is 23.2 Å². The number of hydrogen-bond donors (Lipinski definition) is 1. The van der Waals surface area contributed by atoms with Crippen molar-refractivity contribution in [1.29, 1.82) is 0 Å². The Bertz CT molecular complexity index is 673. The summed E-state index contributed by atoms with van der Waals surface area (Å²) in [6.07, 6.45) is 0. The van der Waals surface area contributed by atoms with Crippen molar-refractivity contribution >= 4 is 21.9 Å². The largest absolute Gasteiger partial charge is 0.496 e. The molecule has 110 valence electrons. The predicted octanol–water partition coefficient (Wildman–Crippen LogP) is 3.44. The van der Waals surface area contributed by atoms with Gasteiger partial charge in [0.2, 0.25) is 0 Å². The van der Waals surface area contributed by atoms with Crippen molar-refractivity contribution < 1.29 is 19.4 Å². The lowest BCUT2D eigenvalue weighted by Gasteiger charge is -2.12. The third-order valence-corrected chi connectivity index (χ3v) is 3.32. The minimum absolute atomic E-state index is 0.0936. The Labute approximate surface area is 130 Å². The second-order valence-corrected chi connectivity index (χ2v) is 5.27. The summed E-state index contributed by atoms with van der Waals surface area (Å²) in [7, 11) is 1.57. The van der Waals surface area contributed by atoms with Gasteiger partial charge in [-0.2, -0.15) is 0 Å². The second-order valence-electron chi connectivity index (χ2n) is 4.35. The van der Waals surface area contributed by atoms with Gasteiger partial charge in [0.05, 0.1) is 7.11 Å². The Kier molecular flexibility index (Phi) is 4.80. The number of methoxy groups -OCH3 is 1. The van der Waals surface area contributed by atoms with Crippen LogP contribution in [0, 0.1) is 6.92 Å². The summed E-state index contributed by atoms with van der Waals surface area (Å²) in [5.74, 6) is -0.208. The van der Waals surface area contributed by atoms with E-state index in [1.165, 1.54) is 0 Å². The minimum atomic E-state index is -1.12. The number of carbonyl (C=O) groups is 1. The first-order chi connectivity index (χ1) is 10.0. The van der Waals surface area contributed by atoms with Crippen LogP contribution in [0.5, 0.6) is 11.5 Å². The zero-order valence-electron chi connectivity index (χ0n) is 11.6. The molecule has 0 atom stereocenters. The van der Waals surface area contributed by atoms with Crippen LogP contribution in [0.2, 0.25) is 0 Å². The van der Waals surface area contributed by atoms with Gasteiger partial charge in [-0.25, -0.2) is 9.78 Å². The van der Waals surface area contributed by atoms with Gasteiger partial charge in [-0.3, -0.25) is 0 Å². The van der Waals surface area contributed by atoms with E-state index in [1.807, 2.05) is 18.2 Å². The topological polar surface area (TPSA) is 68.7 Å². The molecule has 0 unspecified atom stereocenters. The Morgan fingerprint density at radius 1 is 1.29 bits per heavy atom. The van der Waals surface area contributed by atoms with Crippen LogP contribution in [0.1, 0.15) is 21.7 Å². The molecule has 1 aromatic heterocycles. The zero-order chi connectivity index (χ0) is 15.4. The summed E-state index contributed by atoms with van der Waals surface area (Å²) >= 11 is 3.38. The molecule has 0 fully saturated rings. The lowest BCUT2D eigenvalue weighted by molar-refractivity contribution is 0.0684. The summed E-state index contributed by atoms with van der Waals surface area (Å²) in [4.78, 5) is 15.2. The van der Waals surface area contributed by atoms with E-state index >= 15 is 0 Å². The van der Waals surface area contributed by atoms with Gasteiger partial charge in [-0.1, -0.05) is 15.9 Å². The number of aryl methyl sites for hydroxylation is 1. The van der Waals surface area contributed by atoms with E-state index < -0.39 is 5.97 Å². The number of ether oxygens (including phenoxy) is 2. The molecule has 1 aromatic carbocycles. The number of nitrogens with zero attached hydrogens (tertiary/aromatic N) is 1. The smallest absolute Gasteiger partial charge is 0.358 e. The number of halogens is 1. The van der Waals surface area contributed by atoms with Crippen molar-refractivity contribution in [2.45, 2.75) is 13.5 Å². The molecule has 0 bridgehead atoms. The van der Waals surface area contributed by atoms with Gasteiger partial charge in [-0.15, -0.1) is 0 Å². The van der Waals surface area contributed by atoms with Crippen molar-refractivity contribution in [3.05, 3.63) is 51.8 Å². The number of pyridine rings is 1. The van der Waals surface area contributed by atoms with Crippen LogP contribution in [0.4, 0.5) is 0 Å². The highest BCUT2D eigenvalue weighted by Crippen LogP contribution is 2.25. The molecule has 21 heavy (non-hydrogen) atoms. The van der Waals surface area contributed by atoms with Gasteiger partial charge in [0.15, 0.2) is 11.4 Å². The molecule has 0 saturated carbocycles. The van der Waals surface area contributed by atoms with E-state index in [1.54, 1.807) is 26.2 Å². The SMILES string of the molecule is COc1ccc(Br)cc1COc1ccc(C)nc1C(=O)O. The quantitative estimate of drug-likeness (QED) is 0.893. The van der Waals surface area contributed by atoms with Crippen molar-refractivity contribution in [1.82, 2.24) is 4.98 Å². The summed E-state index contributed by atoms with van der Waals surface area (Å²) in [6.45, 7) is 1.92. The molecule has 0 radical (unpaired) electrons. The molecular formula is C15H14BrNO4. The van der Waals surface area contributed by atoms with Crippen LogP contribution in [0.25, 0.3) is 0 Å². The predicted molar refractivity (Wildman–Crippen MR) is 81.0 cm³/mol. The normalized spacial score (nSPS) is 10.2. The molecule has 5 nitrogen and oxygen atoms in total. The van der Waals surface area contributed by atoms with E-state index in [-0.39, 0.29) is 18.1 Å². The molecule has 0 aliphatic heterocycles. The van der Waals surface area contributed by atoms with E-state index in [9.17, 15) is 4.79 Å². The van der Waals surface area contributed by atoms with Crippen LogP contribution in [-0.2, 0) is 6.61 Å². The molecule has 2 aromatic rings. The van der Waals surface area contributed by atoms with E-state index in [0.29, 0.717) is 11.4 Å². The number of aromatic nitrogens is 1. The molecule has 0 aliphatic rings. The standard InChI is InChI=1S/C15H14BrNO4/c1-9-3-5-13(14(17-9)15(18)19)21-8-10-7-11(16)4-6-12(10)20-2/h3-7H,8H2,1-2H3,(H,18,19). The second kappa shape index (κ2) is 6.58. The average molecular weight is 352 g/mol. The van der Waals surface area contributed by atoms with Gasteiger partial charge < -0.3 is 14.6 Å². The van der Waals surface area contributed by atoms with Crippen LogP contribution in [0.3, 0.4) is 0 Å². The monoisotopic (exact) mass is 351 g/mol. The number of carboxylic acid groups (broad SMARTS) is 1. The first kappa shape index (κ1) is 15.3. The average Bonchev–Trinajstić information content (AvgIpc) is 2.46. The number of carboxylic acids is 1. The third kappa shape index (κ3) is 3.72. The van der Waals surface area contributed by atoms with Crippen molar-refractivity contribution in [2.24, 2.45) is 0 Å². The highest BCUT2D eigenvalue weighted by Gasteiger charge is 2.14. The Morgan fingerprint density at radius 3 is 2.67 bits per heavy atom. The molecule has 0 aliphatic carbocycles. The Balaban J connectivity index is 2.24. The van der Waals surface area contributed by atoms with Crippen LogP contribution >= 0.6 is 15.9 Å². The van der Waals surface area contributed by atoms with Gasteiger partial charge in [-0.05, 0) is 37.3 Å². The molecular weight excluding hydrogens is 338 g/mol. The fraction of sp³-hybridized carbons (Fsp3) is 0.200. The number of aromatic carboxylic acids is 1. The van der Waals surface area contributed by atoms with E-state index in [4.69, 9.17) is 14.6 Å². The molecule has 0 spiro atoms. The minimum Gasteiger partial charge on any atom is -0.496 e. The lowest BCUT2D eigenvalue weighted by Crippen LogP contribution is -2.07. The molecule has 2 rings (SSSR count). The fourth-order valence-electron chi connectivity index (χ4n) is 1.83. The van der Waals surface area contributed by atoms with Crippen molar-refractivity contribution in [2.75, 3.05) is 7.11 Å². The molecule has 0 saturated heterocycles. The van der Waals surface area contributed by atoms with Crippen LogP contribution < -0.4 is 9.47 Å². The van der Waals surface area contributed by atoms with Gasteiger partial charge in [0, 0.05) is 15.7 Å². The third-order valence-electron chi connectivity index (χ3n) is 2.83. The van der Waals surface area contributed by atoms with Gasteiger partial charge in [0.1, 0.15) is 12.4 Å². The maximum absolute atomic E-state index is 11.2. The molecule has 1 heterocycles. The Hall–Kier alpha value is -2.08. The molecule has 0 amide bonds. The Morgan fingerprint density at radius 2 is 2.00 bits per heavy atom. The van der Waals surface area contributed by atoms with Crippen molar-refractivity contribution in [3.63, 3.8) is 0 Å². The first-order valence-corrected chi connectivity index (χ1v) is 6.96. The maximum Gasteiger partial charge on any atom is 0.358 e. The van der Waals surface area contributed by atoms with Gasteiger partial charge >= 0.3 is 5.97 Å². The van der Waals surface area contributed by atoms with E-state index in [2.05, 4.69) is 20.9 Å². The zero-order valence-corrected chi connectivity index (χ0v) is 13.2. The highest BCUT2D eigenvalue weighted by molar-refractivity contribution is 9.10. The highest BCUT2D eigenvalue weighted by atomic mass is 79.9. The summed E-state index contributed by atoms with van der Waals surface area (Å²) in [5.41, 5.74) is 1.34. The molecule has 6 heteroatoms. The number of rotatable bonds is 5. The van der Waals surface area contributed by atoms with Crippen LogP contribution in [0.15, 0.2) is 34.8 Å². The summed E-state index contributed by atoms with van der Waals surface area (Å²) in [6, 6.07) is 8.85. The fourth-order valence-corrected chi connectivity index (χ4v) is 2.24. The lowest BCUT2D eigenvalue weighted by atomic mass is 10.2. The first-order valence-electron chi connectivity index (χ1n) is 6.17. The number of benzene rings is 1. The molecule has 1 N–H and O–H groups in total. The summed E-state index contributed by atoms with van der Waals surface area (Å²) < 4.78 is 11.7. The maximum atomic E-state index is 11.2. The van der Waals surface area contributed by atoms with Crippen molar-refractivity contribution in [3.8, 4) is 11.5 Å². The summed E-state index contributed by atoms with van der Waals surface area (Å²) in [5, 5.41) is 9.16. The van der Waals surface area contributed by atoms with E-state index in [0.717, 1.165) is 10.0 Å². The van der Waals surface area contributed by atoms with Gasteiger partial charge in [0.25, 0.3) is 0 Å². The number of hydrogen-bond acceptors (Lipinski definition) is 4.